The van der Waals surface area contributed by atoms with Crippen LogP contribution in [0.1, 0.15) is 6.42 Å². The third kappa shape index (κ3) is 6.79. The summed E-state index contributed by atoms with van der Waals surface area (Å²) in [6.45, 7) is 0.462. The number of benzene rings is 2. The summed E-state index contributed by atoms with van der Waals surface area (Å²) in [7, 11) is 3.30. The fourth-order valence-corrected chi connectivity index (χ4v) is 2.95. The van der Waals surface area contributed by atoms with Crippen molar-refractivity contribution in [1.29, 1.82) is 5.26 Å². The zero-order chi connectivity index (χ0) is 21.2. The van der Waals surface area contributed by atoms with Crippen LogP contribution in [0, 0.1) is 11.3 Å². The lowest BCUT2D eigenvalue weighted by molar-refractivity contribution is -0.862. The third-order valence-electron chi connectivity index (χ3n) is 4.17. The molecule has 0 aliphatic rings. The van der Waals surface area contributed by atoms with Gasteiger partial charge in [0.1, 0.15) is 5.75 Å². The number of quaternary nitrogens is 1. The highest BCUT2D eigenvalue weighted by Gasteiger charge is 2.23. The summed E-state index contributed by atoms with van der Waals surface area (Å²) in [5.74, 6) is 0.150. The number of carbonyl (C=O) groups is 2. The molecule has 0 aliphatic carbocycles. The van der Waals surface area contributed by atoms with Gasteiger partial charge in [0, 0.05) is 17.3 Å². The molecular weight excluding hydrogens is 392 g/mol. The molecule has 0 fully saturated rings. The van der Waals surface area contributed by atoms with Gasteiger partial charge in [-0.2, -0.15) is 5.26 Å². The normalized spacial score (nSPS) is 11.2. The molecule has 29 heavy (non-hydrogen) atoms. The first-order valence-electron chi connectivity index (χ1n) is 9.11. The zero-order valence-electron chi connectivity index (χ0n) is 16.4. The van der Waals surface area contributed by atoms with Gasteiger partial charge in [-0.3, -0.25) is 9.59 Å². The number of amides is 2. The Kier molecular flexibility index (Phi) is 8.46. The summed E-state index contributed by atoms with van der Waals surface area (Å²) in [4.78, 5) is 27.4. The Labute approximate surface area is 175 Å². The highest BCUT2D eigenvalue weighted by molar-refractivity contribution is 6.30. The molecule has 0 saturated heterocycles. The fourth-order valence-electron chi connectivity index (χ4n) is 2.82. The molecular formula is C21H24ClN4O3+. The predicted molar refractivity (Wildman–Crippen MR) is 112 cm³/mol. The number of rotatable bonds is 9. The molecule has 2 aromatic rings. The quantitative estimate of drug-likeness (QED) is 0.653. The van der Waals surface area contributed by atoms with E-state index in [9.17, 15) is 9.59 Å². The van der Waals surface area contributed by atoms with E-state index in [2.05, 4.69) is 11.4 Å². The smallest absolute Gasteiger partial charge is 0.282 e. The second kappa shape index (κ2) is 11.1. The minimum absolute atomic E-state index is 0.0948. The number of ether oxygens (including phenoxy) is 1. The standard InChI is InChI=1S/C21H23ClN4O3/c1-25(14-20(27)24-17-10-8-16(22)9-11-17)15-21(28)26(13-5-12-23)18-6-3-4-7-19(18)29-2/h3-4,6-11H,5,13-15H2,1-2H3,(H,24,27)/p+1. The summed E-state index contributed by atoms with van der Waals surface area (Å²) >= 11 is 5.84. The summed E-state index contributed by atoms with van der Waals surface area (Å²) in [5, 5.41) is 12.3. The van der Waals surface area contributed by atoms with E-state index in [1.807, 2.05) is 6.07 Å². The Balaban J connectivity index is 2.01. The number of hydrogen-bond acceptors (Lipinski definition) is 4. The van der Waals surface area contributed by atoms with Gasteiger partial charge in [-0.25, -0.2) is 0 Å². The lowest BCUT2D eigenvalue weighted by Gasteiger charge is -2.24. The van der Waals surface area contributed by atoms with Gasteiger partial charge in [-0.05, 0) is 36.4 Å². The van der Waals surface area contributed by atoms with Crippen molar-refractivity contribution in [2.75, 3.05) is 44.0 Å². The lowest BCUT2D eigenvalue weighted by Crippen LogP contribution is -3.11. The molecule has 7 nitrogen and oxygen atoms in total. The molecule has 1 unspecified atom stereocenters. The monoisotopic (exact) mass is 415 g/mol. The molecule has 0 bridgehead atoms. The maximum absolute atomic E-state index is 12.9. The average molecular weight is 416 g/mol. The fraction of sp³-hybridized carbons (Fsp3) is 0.286. The minimum atomic E-state index is -0.210. The predicted octanol–water partition coefficient (Wildman–Crippen LogP) is 1.75. The minimum Gasteiger partial charge on any atom is -0.495 e. The third-order valence-corrected chi connectivity index (χ3v) is 4.42. The number of para-hydroxylation sites is 2. The van der Waals surface area contributed by atoms with Crippen LogP contribution in [0.3, 0.4) is 0 Å². The molecule has 0 heterocycles. The molecule has 0 saturated carbocycles. The van der Waals surface area contributed by atoms with E-state index in [1.165, 1.54) is 12.0 Å². The van der Waals surface area contributed by atoms with Gasteiger partial charge in [0.25, 0.3) is 11.8 Å². The van der Waals surface area contributed by atoms with Crippen molar-refractivity contribution in [1.82, 2.24) is 0 Å². The van der Waals surface area contributed by atoms with Crippen molar-refractivity contribution >= 4 is 34.8 Å². The molecule has 1 atom stereocenters. The molecule has 0 aliphatic heterocycles. The van der Waals surface area contributed by atoms with Crippen LogP contribution < -0.4 is 19.9 Å². The molecule has 2 amide bonds. The molecule has 2 N–H and O–H groups in total. The van der Waals surface area contributed by atoms with Crippen LogP contribution in [0.25, 0.3) is 0 Å². The molecule has 0 radical (unpaired) electrons. The van der Waals surface area contributed by atoms with Crippen LogP contribution in [-0.4, -0.2) is 45.6 Å². The summed E-state index contributed by atoms with van der Waals surface area (Å²) in [5.41, 5.74) is 1.25. The number of nitrogens with one attached hydrogen (secondary N) is 2. The summed E-state index contributed by atoms with van der Waals surface area (Å²) in [6, 6.07) is 16.0. The van der Waals surface area contributed by atoms with E-state index in [1.54, 1.807) is 49.5 Å². The SMILES string of the molecule is COc1ccccc1N(CCC#N)C(=O)C[NH+](C)CC(=O)Nc1ccc(Cl)cc1. The number of halogens is 1. The molecule has 2 rings (SSSR count). The van der Waals surface area contributed by atoms with E-state index < -0.39 is 0 Å². The number of hydrogen-bond donors (Lipinski definition) is 2. The van der Waals surface area contributed by atoms with Crippen LogP contribution in [0.15, 0.2) is 48.5 Å². The number of carbonyl (C=O) groups excluding carboxylic acids is 2. The van der Waals surface area contributed by atoms with Gasteiger partial charge in [0.05, 0.1) is 32.3 Å². The zero-order valence-corrected chi connectivity index (χ0v) is 17.2. The van der Waals surface area contributed by atoms with Gasteiger partial charge in [0.2, 0.25) is 0 Å². The molecule has 8 heteroatoms. The molecule has 0 spiro atoms. The molecule has 0 aromatic heterocycles. The Bertz CT molecular complexity index is 880. The molecule has 152 valence electrons. The Morgan fingerprint density at radius 1 is 1.17 bits per heavy atom. The van der Waals surface area contributed by atoms with Crippen molar-refractivity contribution in [3.05, 3.63) is 53.6 Å². The highest BCUT2D eigenvalue weighted by atomic mass is 35.5. The maximum atomic E-state index is 12.9. The van der Waals surface area contributed by atoms with Crippen LogP contribution in [0.2, 0.25) is 5.02 Å². The van der Waals surface area contributed by atoms with Crippen molar-refractivity contribution in [3.8, 4) is 11.8 Å². The van der Waals surface area contributed by atoms with Gasteiger partial charge < -0.3 is 19.9 Å². The Morgan fingerprint density at radius 2 is 1.86 bits per heavy atom. The summed E-state index contributed by atoms with van der Waals surface area (Å²) in [6.07, 6.45) is 0.194. The van der Waals surface area contributed by atoms with Crippen molar-refractivity contribution in [2.45, 2.75) is 6.42 Å². The number of nitriles is 1. The first-order valence-corrected chi connectivity index (χ1v) is 9.49. The molecule has 2 aromatic carbocycles. The number of nitrogens with zero attached hydrogens (tertiary/aromatic N) is 2. The first kappa shape index (κ1) is 22.2. The van der Waals surface area contributed by atoms with Crippen molar-refractivity contribution in [3.63, 3.8) is 0 Å². The number of likely N-dealkylation sites (N-methyl/N-ethyl adjacent to an activating group) is 1. The van der Waals surface area contributed by atoms with Crippen LogP contribution in [0.5, 0.6) is 5.75 Å². The Morgan fingerprint density at radius 3 is 2.52 bits per heavy atom. The first-order chi connectivity index (χ1) is 13.9. The number of anilines is 2. The second-order valence-electron chi connectivity index (χ2n) is 6.49. The largest absolute Gasteiger partial charge is 0.495 e. The van der Waals surface area contributed by atoms with Crippen molar-refractivity contribution in [2.24, 2.45) is 0 Å². The topological polar surface area (TPSA) is 86.9 Å². The van der Waals surface area contributed by atoms with Gasteiger partial charge in [-0.1, -0.05) is 23.7 Å². The van der Waals surface area contributed by atoms with Gasteiger partial charge in [-0.15, -0.1) is 0 Å². The second-order valence-corrected chi connectivity index (χ2v) is 6.93. The van der Waals surface area contributed by atoms with Crippen molar-refractivity contribution < 1.29 is 19.2 Å². The van der Waals surface area contributed by atoms with Crippen LogP contribution in [0.4, 0.5) is 11.4 Å². The van der Waals surface area contributed by atoms with Crippen LogP contribution >= 0.6 is 11.6 Å². The summed E-state index contributed by atoms with van der Waals surface area (Å²) < 4.78 is 5.34. The van der Waals surface area contributed by atoms with Gasteiger partial charge >= 0.3 is 0 Å². The number of methoxy groups -OCH3 is 1. The van der Waals surface area contributed by atoms with Crippen LogP contribution in [-0.2, 0) is 9.59 Å². The average Bonchev–Trinajstić information content (AvgIpc) is 2.70. The van der Waals surface area contributed by atoms with E-state index >= 15 is 0 Å². The van der Waals surface area contributed by atoms with E-state index in [4.69, 9.17) is 21.6 Å². The van der Waals surface area contributed by atoms with E-state index in [-0.39, 0.29) is 37.9 Å². The van der Waals surface area contributed by atoms with E-state index in [0.29, 0.717) is 22.1 Å². The highest BCUT2D eigenvalue weighted by Crippen LogP contribution is 2.27. The van der Waals surface area contributed by atoms with Gasteiger partial charge in [0.15, 0.2) is 13.1 Å². The lowest BCUT2D eigenvalue weighted by atomic mass is 10.2. The van der Waals surface area contributed by atoms with E-state index in [0.717, 1.165) is 4.90 Å². The Hall–Kier alpha value is -3.08. The maximum Gasteiger partial charge on any atom is 0.282 e.